The highest BCUT2D eigenvalue weighted by molar-refractivity contribution is 7.57. The summed E-state index contributed by atoms with van der Waals surface area (Å²) in [5, 5.41) is -7.32. The zero-order chi connectivity index (χ0) is 34.8. The minimum atomic E-state index is -6.38. The molecule has 0 spiro atoms. The lowest BCUT2D eigenvalue weighted by atomic mass is 9.60. The van der Waals surface area contributed by atoms with E-state index in [1.54, 1.807) is 36.4 Å². The summed E-state index contributed by atoms with van der Waals surface area (Å²) >= 11 is 0. The Balaban J connectivity index is 2.07. The average Bonchev–Trinajstić information content (AvgIpc) is 3.05. The van der Waals surface area contributed by atoms with Crippen molar-refractivity contribution < 1.29 is 63.0 Å². The van der Waals surface area contributed by atoms with Crippen LogP contribution in [0.15, 0.2) is 109 Å². The molecule has 256 valence electrons. The van der Waals surface area contributed by atoms with Crippen LogP contribution in [0.2, 0.25) is 0 Å². The van der Waals surface area contributed by atoms with Crippen molar-refractivity contribution in [3.05, 3.63) is 109 Å². The second-order valence-electron chi connectivity index (χ2n) is 10.4. The van der Waals surface area contributed by atoms with Crippen LogP contribution in [0.1, 0.15) is 12.8 Å². The fraction of sp³-hybridized carbons (Fsp3) is 0.355. The molecule has 4 rings (SSSR count). The first kappa shape index (κ1) is 36.7. The number of rotatable bonds is 12. The fourth-order valence-electron chi connectivity index (χ4n) is 6.32. The summed E-state index contributed by atoms with van der Waals surface area (Å²) in [6.45, 7) is 0. The van der Waals surface area contributed by atoms with E-state index in [0.29, 0.717) is 40.6 Å². The Bertz CT molecular complexity index is 1500. The van der Waals surface area contributed by atoms with Crippen molar-refractivity contribution >= 4 is 15.2 Å². The Hall–Kier alpha value is -3.12. The summed E-state index contributed by atoms with van der Waals surface area (Å²) in [7, 11) is -8.39. The van der Waals surface area contributed by atoms with Gasteiger partial charge < -0.3 is 27.6 Å². The van der Waals surface area contributed by atoms with Crippen LogP contribution in [0, 0.1) is 5.41 Å². The molecular weight excluding hydrogens is 676 g/mol. The van der Waals surface area contributed by atoms with E-state index < -0.39 is 56.1 Å². The molecule has 0 fully saturated rings. The molecule has 16 heteroatoms. The summed E-state index contributed by atoms with van der Waals surface area (Å²) < 4.78 is 156. The van der Waals surface area contributed by atoms with E-state index in [1.807, 2.05) is 0 Å². The van der Waals surface area contributed by atoms with Gasteiger partial charge in [-0.2, -0.15) is 26.3 Å². The van der Waals surface area contributed by atoms with Gasteiger partial charge in [0, 0.05) is 28.4 Å². The Morgan fingerprint density at radius 2 is 0.894 bits per heavy atom. The molecule has 2 aliphatic rings. The van der Waals surface area contributed by atoms with Gasteiger partial charge in [-0.05, 0) is 61.4 Å². The monoisotopic (exact) mass is 708 g/mol. The van der Waals surface area contributed by atoms with Gasteiger partial charge in [0.15, 0.2) is 0 Å². The first-order valence-corrected chi connectivity index (χ1v) is 17.0. The molecular formula is C31H32F6O8P2. The summed E-state index contributed by atoms with van der Waals surface area (Å²) in [5.74, 6) is 0.136. The van der Waals surface area contributed by atoms with Crippen molar-refractivity contribution in [2.75, 3.05) is 28.4 Å². The average molecular weight is 709 g/mol. The quantitative estimate of drug-likeness (QED) is 0.159. The third-order valence-corrected chi connectivity index (χ3v) is 13.5. The van der Waals surface area contributed by atoms with Crippen molar-refractivity contribution in [2.45, 2.75) is 35.5 Å². The summed E-state index contributed by atoms with van der Waals surface area (Å²) in [6, 6.07) is 15.8. The minimum absolute atomic E-state index is 0.155. The number of ether oxygens (including phenoxy) is 2. The fourth-order valence-corrected chi connectivity index (χ4v) is 10.9. The number of hydrogen-bond acceptors (Lipinski definition) is 8. The number of hydrogen-bond donors (Lipinski definition) is 0. The number of allylic oxidation sites excluding steroid dienone is 6. The minimum Gasteiger partial charge on any atom is -0.458 e. The van der Waals surface area contributed by atoms with Crippen molar-refractivity contribution in [3.8, 4) is 11.5 Å². The van der Waals surface area contributed by atoms with Crippen LogP contribution in [0.5, 0.6) is 11.5 Å². The Kier molecular flexibility index (Phi) is 10.5. The highest BCUT2D eigenvalue weighted by Crippen LogP contribution is 2.84. The third kappa shape index (κ3) is 5.83. The number of alkyl halides is 6. The SMILES string of the molecule is COP(=O)(OC)C1(C(C(F)(F)F)(C(F)(F)F)C2(P(=O)(OC)OC)C=CC(Oc3ccccc3)=CC2)C=CC(Oc2ccccc2)=CC1. The van der Waals surface area contributed by atoms with Crippen LogP contribution in [0.3, 0.4) is 0 Å². The third-order valence-electron chi connectivity index (χ3n) is 8.32. The summed E-state index contributed by atoms with van der Waals surface area (Å²) in [5.41, 5.74) is -5.24. The molecule has 2 unspecified atom stereocenters. The van der Waals surface area contributed by atoms with Crippen molar-refractivity contribution in [3.63, 3.8) is 0 Å². The number of halogens is 6. The second kappa shape index (κ2) is 13.4. The molecule has 8 nitrogen and oxygen atoms in total. The van der Waals surface area contributed by atoms with Gasteiger partial charge in [0.05, 0.1) is 0 Å². The maximum Gasteiger partial charge on any atom is 0.406 e. The molecule has 2 aliphatic carbocycles. The molecule has 2 atom stereocenters. The molecule has 0 radical (unpaired) electrons. The largest absolute Gasteiger partial charge is 0.458 e. The van der Waals surface area contributed by atoms with Gasteiger partial charge in [0.1, 0.15) is 33.3 Å². The van der Waals surface area contributed by atoms with E-state index >= 15 is 26.3 Å². The lowest BCUT2D eigenvalue weighted by Gasteiger charge is -2.60. The molecule has 0 aliphatic heterocycles. The Morgan fingerprint density at radius 3 is 1.13 bits per heavy atom. The Morgan fingerprint density at radius 1 is 0.574 bits per heavy atom. The van der Waals surface area contributed by atoms with E-state index in [0.717, 1.165) is 24.3 Å². The summed E-state index contributed by atoms with van der Waals surface area (Å²) in [6.07, 6.45) is -10.9. The molecule has 0 bridgehead atoms. The maximum atomic E-state index is 16.1. The van der Waals surface area contributed by atoms with Crippen molar-refractivity contribution in [1.29, 1.82) is 0 Å². The van der Waals surface area contributed by atoms with Crippen LogP contribution in [0.25, 0.3) is 0 Å². The topological polar surface area (TPSA) is 89.5 Å². The molecule has 47 heavy (non-hydrogen) atoms. The van der Waals surface area contributed by atoms with Crippen LogP contribution >= 0.6 is 15.2 Å². The molecule has 0 N–H and O–H groups in total. The predicted molar refractivity (Wildman–Crippen MR) is 161 cm³/mol. The Labute approximate surface area is 267 Å². The number of benzene rings is 2. The second-order valence-corrected chi connectivity index (χ2v) is 15.5. The molecule has 2 aromatic carbocycles. The van der Waals surface area contributed by atoms with Gasteiger partial charge in [-0.1, -0.05) is 48.6 Å². The van der Waals surface area contributed by atoms with Gasteiger partial charge in [-0.3, -0.25) is 9.13 Å². The van der Waals surface area contributed by atoms with Gasteiger partial charge in [0.2, 0.25) is 5.41 Å². The van der Waals surface area contributed by atoms with Gasteiger partial charge in [-0.25, -0.2) is 0 Å². The van der Waals surface area contributed by atoms with Crippen molar-refractivity contribution in [2.24, 2.45) is 5.41 Å². The van der Waals surface area contributed by atoms with Crippen LogP contribution in [-0.2, 0) is 27.2 Å². The molecule has 0 heterocycles. The zero-order valence-electron chi connectivity index (χ0n) is 25.6. The van der Waals surface area contributed by atoms with E-state index in [9.17, 15) is 9.13 Å². The molecule has 2 aromatic rings. The number of para-hydroxylation sites is 2. The van der Waals surface area contributed by atoms with Crippen LogP contribution in [0.4, 0.5) is 26.3 Å². The lowest BCUT2D eigenvalue weighted by Crippen LogP contribution is -2.74. The predicted octanol–water partition coefficient (Wildman–Crippen LogP) is 9.39. The maximum absolute atomic E-state index is 16.1. The molecule has 0 saturated carbocycles. The molecule has 0 saturated heterocycles. The van der Waals surface area contributed by atoms with Crippen LogP contribution in [-0.4, -0.2) is 51.1 Å². The van der Waals surface area contributed by atoms with E-state index in [4.69, 9.17) is 27.6 Å². The first-order valence-electron chi connectivity index (χ1n) is 13.9. The normalized spacial score (nSPS) is 22.4. The smallest absolute Gasteiger partial charge is 0.406 e. The van der Waals surface area contributed by atoms with Crippen LogP contribution < -0.4 is 9.47 Å². The highest BCUT2D eigenvalue weighted by Gasteiger charge is 2.92. The van der Waals surface area contributed by atoms with E-state index in [2.05, 4.69) is 0 Å². The molecule has 0 aromatic heterocycles. The van der Waals surface area contributed by atoms with Gasteiger partial charge >= 0.3 is 27.5 Å². The highest BCUT2D eigenvalue weighted by atomic mass is 31.2. The summed E-state index contributed by atoms with van der Waals surface area (Å²) in [4.78, 5) is 0. The first-order chi connectivity index (χ1) is 22.1. The zero-order valence-corrected chi connectivity index (χ0v) is 27.4. The van der Waals surface area contributed by atoms with E-state index in [-0.39, 0.29) is 23.0 Å². The van der Waals surface area contributed by atoms with Crippen molar-refractivity contribution in [1.82, 2.24) is 0 Å². The standard InChI is InChI=1S/C31H32F6O8P2/c1-40-46(38,41-2)27(19-15-25(16-20-27)44-23-11-7-5-8-12-23)29(30(32,33)34,31(35,36)37)28(47(39,42-3)43-4)21-17-26(18-22-28)45-24-13-9-6-10-14-24/h5-19,21H,20,22H2,1-4H3. The van der Waals surface area contributed by atoms with Gasteiger partial charge in [-0.15, -0.1) is 0 Å². The molecule has 0 amide bonds. The lowest BCUT2D eigenvalue weighted by molar-refractivity contribution is -0.360. The van der Waals surface area contributed by atoms with Gasteiger partial charge in [0.25, 0.3) is 0 Å². The van der Waals surface area contributed by atoms with E-state index in [1.165, 1.54) is 24.3 Å².